The number of H-pyrrole nitrogens is 1. The van der Waals surface area contributed by atoms with Crippen LogP contribution in [0.15, 0.2) is 132 Å². The molecule has 0 saturated carbocycles. The Morgan fingerprint density at radius 3 is 2.30 bits per heavy atom. The fraction of sp³-hybridized carbons (Fsp3) is 0.0698. The SMILES string of the molecule is CC1(C)c2ccccc2-c2c1[nH]c1c(-c3cc(-c4ccccc4)cc4c3Bc3cccc5c6oc7ccccc7c6n-4c35)cccc21. The highest BCUT2D eigenvalue weighted by atomic mass is 16.3. The minimum atomic E-state index is -0.100. The molecule has 3 nitrogen and oxygen atoms in total. The molecule has 1 N–H and O–H groups in total. The van der Waals surface area contributed by atoms with E-state index >= 15 is 0 Å². The summed E-state index contributed by atoms with van der Waals surface area (Å²) in [6.45, 7) is 4.69. The number of nitrogens with zero attached hydrogens (tertiary/aromatic N) is 1. The summed E-state index contributed by atoms with van der Waals surface area (Å²) in [6, 6.07) is 46.5. The molecule has 6 aromatic carbocycles. The second-order valence-electron chi connectivity index (χ2n) is 13.8. The number of hydrogen-bond acceptors (Lipinski definition) is 1. The van der Waals surface area contributed by atoms with Crippen LogP contribution in [0.2, 0.25) is 0 Å². The van der Waals surface area contributed by atoms with Gasteiger partial charge in [-0.1, -0.05) is 116 Å². The molecule has 0 bridgehead atoms. The van der Waals surface area contributed by atoms with Gasteiger partial charge in [-0.15, -0.1) is 0 Å². The summed E-state index contributed by atoms with van der Waals surface area (Å²) < 4.78 is 9.09. The smallest absolute Gasteiger partial charge is 0.198 e. The summed E-state index contributed by atoms with van der Waals surface area (Å²) in [6.07, 6.45) is 0. The Bertz CT molecular complexity index is 2790. The first kappa shape index (κ1) is 25.5. The van der Waals surface area contributed by atoms with Crippen LogP contribution in [-0.2, 0) is 5.41 Å². The largest absolute Gasteiger partial charge is 0.454 e. The van der Waals surface area contributed by atoms with E-state index in [4.69, 9.17) is 4.42 Å². The van der Waals surface area contributed by atoms with E-state index in [1.807, 2.05) is 0 Å². The molecular weight excluding hydrogens is 571 g/mol. The average Bonchev–Trinajstić information content (AvgIpc) is 3.83. The zero-order valence-electron chi connectivity index (χ0n) is 26.2. The van der Waals surface area contributed by atoms with Crippen LogP contribution >= 0.6 is 0 Å². The number of fused-ring (bicyclic) bond motifs is 12. The fourth-order valence-electron chi connectivity index (χ4n) is 8.81. The van der Waals surface area contributed by atoms with Crippen LogP contribution in [0.5, 0.6) is 0 Å². The molecule has 1 aliphatic heterocycles. The van der Waals surface area contributed by atoms with E-state index in [1.165, 1.54) is 83.1 Å². The maximum absolute atomic E-state index is 6.59. The molecule has 0 saturated heterocycles. The van der Waals surface area contributed by atoms with E-state index in [2.05, 4.69) is 151 Å². The molecule has 47 heavy (non-hydrogen) atoms. The molecule has 3 aromatic heterocycles. The Morgan fingerprint density at radius 2 is 1.38 bits per heavy atom. The molecule has 0 atom stereocenters. The van der Waals surface area contributed by atoms with Crippen LogP contribution in [-0.4, -0.2) is 16.8 Å². The van der Waals surface area contributed by atoms with Crippen molar-refractivity contribution in [1.82, 2.24) is 9.55 Å². The molecule has 0 radical (unpaired) electrons. The Kier molecular flexibility index (Phi) is 4.74. The van der Waals surface area contributed by atoms with Crippen molar-refractivity contribution in [2.45, 2.75) is 19.3 Å². The Balaban J connectivity index is 1.27. The number of para-hydroxylation sites is 3. The molecule has 220 valence electrons. The van der Waals surface area contributed by atoms with Gasteiger partial charge >= 0.3 is 0 Å². The normalized spacial score (nSPS) is 14.1. The van der Waals surface area contributed by atoms with Gasteiger partial charge in [0.15, 0.2) is 12.9 Å². The van der Waals surface area contributed by atoms with Gasteiger partial charge in [-0.25, -0.2) is 0 Å². The predicted octanol–water partition coefficient (Wildman–Crippen LogP) is 9.35. The van der Waals surface area contributed by atoms with Crippen molar-refractivity contribution in [3.05, 3.63) is 139 Å². The number of aromatic nitrogens is 2. The van der Waals surface area contributed by atoms with Gasteiger partial charge in [-0.2, -0.15) is 0 Å². The Labute approximate surface area is 272 Å². The van der Waals surface area contributed by atoms with Crippen molar-refractivity contribution in [1.29, 1.82) is 0 Å². The van der Waals surface area contributed by atoms with Crippen LogP contribution < -0.4 is 10.9 Å². The summed E-state index contributed by atoms with van der Waals surface area (Å²) in [4.78, 5) is 4.01. The highest BCUT2D eigenvalue weighted by molar-refractivity contribution is 6.73. The molecule has 2 aliphatic rings. The van der Waals surface area contributed by atoms with E-state index in [1.54, 1.807) is 0 Å². The van der Waals surface area contributed by atoms with E-state index in [0.717, 1.165) is 29.3 Å². The summed E-state index contributed by atoms with van der Waals surface area (Å²) in [5, 5.41) is 3.61. The highest BCUT2D eigenvalue weighted by Crippen LogP contribution is 2.52. The number of rotatable bonds is 2. The van der Waals surface area contributed by atoms with Crippen LogP contribution in [0.3, 0.4) is 0 Å². The second kappa shape index (κ2) is 8.74. The number of hydrogen-bond donors (Lipinski definition) is 1. The summed E-state index contributed by atoms with van der Waals surface area (Å²) >= 11 is 0. The first-order chi connectivity index (χ1) is 23.1. The second-order valence-corrected chi connectivity index (χ2v) is 13.8. The van der Waals surface area contributed by atoms with E-state index in [0.29, 0.717) is 0 Å². The summed E-state index contributed by atoms with van der Waals surface area (Å²) in [7, 11) is 0.854. The monoisotopic (exact) mass is 600 g/mol. The van der Waals surface area contributed by atoms with Crippen molar-refractivity contribution in [3.8, 4) is 39.1 Å². The van der Waals surface area contributed by atoms with Crippen LogP contribution in [0, 0.1) is 0 Å². The molecule has 9 aromatic rings. The fourth-order valence-corrected chi connectivity index (χ4v) is 8.81. The Morgan fingerprint density at radius 1 is 0.638 bits per heavy atom. The minimum absolute atomic E-state index is 0.100. The van der Waals surface area contributed by atoms with E-state index in [9.17, 15) is 0 Å². The maximum atomic E-state index is 6.59. The lowest BCUT2D eigenvalue weighted by Crippen LogP contribution is -2.37. The number of benzene rings is 6. The van der Waals surface area contributed by atoms with Gasteiger partial charge in [0.25, 0.3) is 0 Å². The van der Waals surface area contributed by atoms with Crippen LogP contribution in [0.25, 0.3) is 82.9 Å². The maximum Gasteiger partial charge on any atom is 0.198 e. The van der Waals surface area contributed by atoms with Gasteiger partial charge in [0.1, 0.15) is 11.1 Å². The van der Waals surface area contributed by atoms with Crippen LogP contribution in [0.1, 0.15) is 25.1 Å². The molecule has 0 unspecified atom stereocenters. The summed E-state index contributed by atoms with van der Waals surface area (Å²) in [5.74, 6) is 0. The van der Waals surface area contributed by atoms with Gasteiger partial charge in [-0.3, -0.25) is 0 Å². The standard InChI is InChI=1S/C43H29BN2O/c1-43(2)32-19-8-6-14-27(32)36-29-17-10-16-26(38(29)45-42(36)43)31-22-25(24-12-4-3-5-13-24)23-34-37(31)44-33-20-11-18-30-39(33)46(34)40-28-15-7-9-21-35(28)47-41(30)40/h3-23,44-45H,1-2H3. The first-order valence-electron chi connectivity index (χ1n) is 16.5. The zero-order valence-corrected chi connectivity index (χ0v) is 26.2. The lowest BCUT2D eigenvalue weighted by molar-refractivity contribution is 0.642. The van der Waals surface area contributed by atoms with Crippen molar-refractivity contribution in [2.75, 3.05) is 0 Å². The summed E-state index contributed by atoms with van der Waals surface area (Å²) in [5.41, 5.74) is 19.6. The van der Waals surface area contributed by atoms with E-state index < -0.39 is 0 Å². The van der Waals surface area contributed by atoms with Gasteiger partial charge < -0.3 is 14.0 Å². The van der Waals surface area contributed by atoms with Crippen molar-refractivity contribution >= 4 is 62.1 Å². The topological polar surface area (TPSA) is 33.9 Å². The molecule has 0 amide bonds. The third-order valence-electron chi connectivity index (χ3n) is 10.9. The lowest BCUT2D eigenvalue weighted by atomic mass is 9.59. The molecule has 1 aliphatic carbocycles. The minimum Gasteiger partial charge on any atom is -0.454 e. The molecule has 11 rings (SSSR count). The number of aromatic amines is 1. The van der Waals surface area contributed by atoms with Gasteiger partial charge in [0, 0.05) is 44.1 Å². The lowest BCUT2D eigenvalue weighted by Gasteiger charge is -2.25. The molecule has 0 fully saturated rings. The van der Waals surface area contributed by atoms with Crippen molar-refractivity contribution in [3.63, 3.8) is 0 Å². The highest BCUT2D eigenvalue weighted by Gasteiger charge is 2.39. The van der Waals surface area contributed by atoms with Gasteiger partial charge in [0.2, 0.25) is 0 Å². The van der Waals surface area contributed by atoms with Crippen molar-refractivity contribution in [2.24, 2.45) is 0 Å². The molecule has 0 spiro atoms. The molecule has 4 heterocycles. The van der Waals surface area contributed by atoms with Gasteiger partial charge in [-0.05, 0) is 63.6 Å². The molecular formula is C43H29BN2O. The first-order valence-corrected chi connectivity index (χ1v) is 16.5. The third-order valence-corrected chi connectivity index (χ3v) is 10.9. The third kappa shape index (κ3) is 3.18. The van der Waals surface area contributed by atoms with Crippen LogP contribution in [0.4, 0.5) is 0 Å². The quantitative estimate of drug-likeness (QED) is 0.197. The zero-order chi connectivity index (χ0) is 31.0. The van der Waals surface area contributed by atoms with Crippen molar-refractivity contribution < 1.29 is 4.42 Å². The predicted molar refractivity (Wildman–Crippen MR) is 197 cm³/mol. The average molecular weight is 601 g/mol. The van der Waals surface area contributed by atoms with E-state index in [-0.39, 0.29) is 5.41 Å². The number of nitrogens with one attached hydrogen (secondary N) is 1. The number of furan rings is 1. The molecule has 4 heteroatoms. The van der Waals surface area contributed by atoms with Gasteiger partial charge in [0.05, 0.1) is 11.0 Å². The Hall–Kier alpha value is -5.74.